The van der Waals surface area contributed by atoms with Gasteiger partial charge in [-0.2, -0.15) is 8.78 Å². The number of alkyl halides is 2. The second kappa shape index (κ2) is 4.14. The van der Waals surface area contributed by atoms with Crippen molar-refractivity contribution >= 4 is 5.97 Å². The number of rotatable bonds is 3. The van der Waals surface area contributed by atoms with Crippen LogP contribution in [0.1, 0.15) is 39.0 Å². The summed E-state index contributed by atoms with van der Waals surface area (Å²) >= 11 is 0. The van der Waals surface area contributed by atoms with Gasteiger partial charge in [-0.3, -0.25) is 0 Å². The molecule has 1 N–H and O–H groups in total. The highest BCUT2D eigenvalue weighted by Crippen LogP contribution is 2.58. The molecule has 0 aliphatic heterocycles. The van der Waals surface area contributed by atoms with Crippen LogP contribution in [0.15, 0.2) is 0 Å². The molecule has 4 fully saturated rings. The molecular formula is C14H20F2O3. The van der Waals surface area contributed by atoms with Gasteiger partial charge in [-0.15, -0.1) is 0 Å². The fourth-order valence-electron chi connectivity index (χ4n) is 4.66. The van der Waals surface area contributed by atoms with Crippen molar-refractivity contribution in [1.82, 2.24) is 0 Å². The van der Waals surface area contributed by atoms with Gasteiger partial charge in [0.25, 0.3) is 0 Å². The zero-order valence-corrected chi connectivity index (χ0v) is 11.1. The molecule has 0 aromatic heterocycles. The third kappa shape index (κ3) is 2.37. The van der Waals surface area contributed by atoms with Crippen LogP contribution in [0.25, 0.3) is 0 Å². The van der Waals surface area contributed by atoms with Crippen molar-refractivity contribution in [2.75, 3.05) is 6.61 Å². The van der Waals surface area contributed by atoms with Crippen LogP contribution in [-0.4, -0.2) is 29.2 Å². The molecule has 3 nitrogen and oxygen atoms in total. The number of carbonyl (C=O) groups excluding carboxylic acids is 1. The first-order chi connectivity index (χ1) is 8.77. The first-order valence-electron chi connectivity index (χ1n) is 7.04. The standard InChI is InChI=1S/C14H20F2O3/c1-13(15,16)12(17)19-7-11-9-2-8-3-10(11)6-14(18,4-8)5-9/h8-11,18H,2-7H2,1H3. The first kappa shape index (κ1) is 13.3. The zero-order chi connectivity index (χ0) is 13.8. The van der Waals surface area contributed by atoms with Gasteiger partial charge in [-0.05, 0) is 55.8 Å². The lowest BCUT2D eigenvalue weighted by Crippen LogP contribution is -2.55. The maximum atomic E-state index is 12.8. The lowest BCUT2D eigenvalue weighted by molar-refractivity contribution is -0.184. The van der Waals surface area contributed by atoms with E-state index in [0.29, 0.717) is 24.7 Å². The van der Waals surface area contributed by atoms with Crippen molar-refractivity contribution < 1.29 is 23.4 Å². The van der Waals surface area contributed by atoms with Crippen molar-refractivity contribution in [2.24, 2.45) is 23.7 Å². The Morgan fingerprint density at radius 2 is 1.89 bits per heavy atom. The maximum Gasteiger partial charge on any atom is 0.376 e. The topological polar surface area (TPSA) is 46.5 Å². The van der Waals surface area contributed by atoms with Crippen LogP contribution in [0.4, 0.5) is 8.78 Å². The fourth-order valence-corrected chi connectivity index (χ4v) is 4.66. The number of carbonyl (C=O) groups is 1. The minimum atomic E-state index is -3.41. The minimum absolute atomic E-state index is 0.0837. The summed E-state index contributed by atoms with van der Waals surface area (Å²) in [6, 6.07) is 0. The van der Waals surface area contributed by atoms with E-state index >= 15 is 0 Å². The molecular weight excluding hydrogens is 254 g/mol. The molecule has 2 atom stereocenters. The first-order valence-corrected chi connectivity index (χ1v) is 7.04. The summed E-state index contributed by atoms with van der Waals surface area (Å²) in [6.07, 6.45) is 4.46. The molecule has 0 heterocycles. The van der Waals surface area contributed by atoms with E-state index < -0.39 is 17.5 Å². The summed E-state index contributed by atoms with van der Waals surface area (Å²) in [6.45, 7) is 0.648. The van der Waals surface area contributed by atoms with Crippen LogP contribution >= 0.6 is 0 Å². The number of halogens is 2. The Hall–Kier alpha value is -0.710. The highest BCUT2D eigenvalue weighted by molar-refractivity contribution is 5.76. The van der Waals surface area contributed by atoms with Gasteiger partial charge < -0.3 is 9.84 Å². The predicted octanol–water partition coefficient (Wildman–Crippen LogP) is 2.37. The Kier molecular flexibility index (Phi) is 2.89. The number of esters is 1. The van der Waals surface area contributed by atoms with Gasteiger partial charge in [0.05, 0.1) is 12.2 Å². The summed E-state index contributed by atoms with van der Waals surface area (Å²) in [5.41, 5.74) is -0.536. The molecule has 4 aliphatic rings. The molecule has 0 aromatic carbocycles. The Balaban J connectivity index is 1.63. The number of hydrogen-bond donors (Lipinski definition) is 1. The highest BCUT2D eigenvalue weighted by Gasteiger charge is 2.55. The van der Waals surface area contributed by atoms with Crippen LogP contribution in [0.3, 0.4) is 0 Å². The van der Waals surface area contributed by atoms with Crippen LogP contribution in [-0.2, 0) is 9.53 Å². The van der Waals surface area contributed by atoms with Gasteiger partial charge in [0, 0.05) is 6.92 Å². The second-order valence-corrected chi connectivity index (χ2v) is 6.84. The smallest absolute Gasteiger partial charge is 0.376 e. The maximum absolute atomic E-state index is 12.8. The quantitative estimate of drug-likeness (QED) is 0.804. The average Bonchev–Trinajstić information content (AvgIpc) is 2.23. The lowest BCUT2D eigenvalue weighted by Gasteiger charge is -2.57. The summed E-state index contributed by atoms with van der Waals surface area (Å²) in [7, 11) is 0. The fraction of sp³-hybridized carbons (Fsp3) is 0.929. The summed E-state index contributed by atoms with van der Waals surface area (Å²) in [5.74, 6) is -3.46. The van der Waals surface area contributed by atoms with E-state index in [9.17, 15) is 18.7 Å². The van der Waals surface area contributed by atoms with Crippen LogP contribution in [0.2, 0.25) is 0 Å². The summed E-state index contributed by atoms with van der Waals surface area (Å²) < 4.78 is 30.3. The highest BCUT2D eigenvalue weighted by atomic mass is 19.3. The third-order valence-electron chi connectivity index (χ3n) is 5.20. The third-order valence-corrected chi connectivity index (χ3v) is 5.20. The molecule has 0 spiro atoms. The van der Waals surface area contributed by atoms with Gasteiger partial charge in [0.2, 0.25) is 0 Å². The largest absolute Gasteiger partial charge is 0.461 e. The molecule has 0 radical (unpaired) electrons. The zero-order valence-electron chi connectivity index (χ0n) is 11.1. The van der Waals surface area contributed by atoms with Crippen LogP contribution < -0.4 is 0 Å². The van der Waals surface area contributed by atoms with Crippen molar-refractivity contribution in [2.45, 2.75) is 50.6 Å². The van der Waals surface area contributed by atoms with Crippen molar-refractivity contribution in [3.05, 3.63) is 0 Å². The Labute approximate surface area is 111 Å². The second-order valence-electron chi connectivity index (χ2n) is 6.84. The molecule has 19 heavy (non-hydrogen) atoms. The number of ether oxygens (including phenoxy) is 1. The molecule has 2 unspecified atom stereocenters. The molecule has 108 valence electrons. The van der Waals surface area contributed by atoms with Gasteiger partial charge >= 0.3 is 11.9 Å². The Morgan fingerprint density at radius 3 is 2.37 bits per heavy atom. The number of hydrogen-bond acceptors (Lipinski definition) is 3. The lowest BCUT2D eigenvalue weighted by atomic mass is 9.50. The summed E-state index contributed by atoms with van der Waals surface area (Å²) in [5, 5.41) is 10.4. The van der Waals surface area contributed by atoms with Crippen molar-refractivity contribution in [1.29, 1.82) is 0 Å². The van der Waals surface area contributed by atoms with Crippen LogP contribution in [0.5, 0.6) is 0 Å². The van der Waals surface area contributed by atoms with E-state index in [1.54, 1.807) is 0 Å². The number of aliphatic hydroxyl groups is 1. The van der Waals surface area contributed by atoms with E-state index in [-0.39, 0.29) is 12.5 Å². The Morgan fingerprint density at radius 1 is 1.32 bits per heavy atom. The van der Waals surface area contributed by atoms with E-state index in [2.05, 4.69) is 0 Å². The molecule has 4 aliphatic carbocycles. The van der Waals surface area contributed by atoms with Gasteiger partial charge in [-0.1, -0.05) is 0 Å². The molecule has 4 saturated carbocycles. The van der Waals surface area contributed by atoms with Crippen molar-refractivity contribution in [3.8, 4) is 0 Å². The van der Waals surface area contributed by atoms with Crippen molar-refractivity contribution in [3.63, 3.8) is 0 Å². The van der Waals surface area contributed by atoms with Gasteiger partial charge in [0.1, 0.15) is 0 Å². The molecule has 0 amide bonds. The molecule has 0 saturated heterocycles. The monoisotopic (exact) mass is 274 g/mol. The minimum Gasteiger partial charge on any atom is -0.461 e. The van der Waals surface area contributed by atoms with E-state index in [0.717, 1.165) is 32.1 Å². The molecule has 0 aromatic rings. The summed E-state index contributed by atoms with van der Waals surface area (Å²) in [4.78, 5) is 11.1. The molecule has 4 bridgehead atoms. The van der Waals surface area contributed by atoms with Gasteiger partial charge in [0.15, 0.2) is 0 Å². The van der Waals surface area contributed by atoms with Crippen LogP contribution in [0, 0.1) is 23.7 Å². The van der Waals surface area contributed by atoms with E-state index in [1.165, 1.54) is 0 Å². The van der Waals surface area contributed by atoms with E-state index in [4.69, 9.17) is 4.74 Å². The Bertz CT molecular complexity index is 375. The molecule has 4 rings (SSSR count). The van der Waals surface area contributed by atoms with E-state index in [1.807, 2.05) is 0 Å². The van der Waals surface area contributed by atoms with Gasteiger partial charge in [-0.25, -0.2) is 4.79 Å². The average molecular weight is 274 g/mol. The normalized spacial score (nSPS) is 44.4. The molecule has 5 heteroatoms. The predicted molar refractivity (Wildman–Crippen MR) is 63.6 cm³/mol. The SMILES string of the molecule is CC(F)(F)C(=O)OCC1C2CC3CC1CC(O)(C3)C2.